The Labute approximate surface area is 216 Å². The van der Waals surface area contributed by atoms with E-state index in [2.05, 4.69) is 15.1 Å². The standard InChI is InChI=1S/C29H31N3O3S/c1-3-10-25(11-4-1)34-26-12-5-6-13-27(26)36-22-28-30-31-29(35-28)23-14-16-24(17-15-23)33-21-9-20-32-18-7-2-8-19-32/h1,3-6,10-17H,2,7-9,18-22H2. The number of piperidine rings is 1. The summed E-state index contributed by atoms with van der Waals surface area (Å²) in [6.45, 7) is 4.30. The van der Waals surface area contributed by atoms with Crippen LogP contribution in [-0.4, -0.2) is 41.3 Å². The molecule has 0 aliphatic carbocycles. The zero-order valence-corrected chi connectivity index (χ0v) is 21.2. The van der Waals surface area contributed by atoms with Crippen molar-refractivity contribution in [2.75, 3.05) is 26.2 Å². The quantitative estimate of drug-likeness (QED) is 0.161. The molecule has 0 saturated carbocycles. The van der Waals surface area contributed by atoms with Crippen molar-refractivity contribution < 1.29 is 13.9 Å². The highest BCUT2D eigenvalue weighted by molar-refractivity contribution is 7.98. The van der Waals surface area contributed by atoms with Crippen molar-refractivity contribution in [1.29, 1.82) is 0 Å². The third kappa shape index (κ3) is 6.89. The van der Waals surface area contributed by atoms with Gasteiger partial charge in [0.1, 0.15) is 17.2 Å². The van der Waals surface area contributed by atoms with E-state index in [0.29, 0.717) is 17.5 Å². The topological polar surface area (TPSA) is 60.6 Å². The second-order valence-electron chi connectivity index (χ2n) is 8.78. The predicted octanol–water partition coefficient (Wildman–Crippen LogP) is 7.08. The number of thioether (sulfide) groups is 1. The molecule has 6 nitrogen and oxygen atoms in total. The van der Waals surface area contributed by atoms with Crippen molar-refractivity contribution in [3.05, 3.63) is 84.8 Å². The van der Waals surface area contributed by atoms with Crippen LogP contribution in [0, 0.1) is 0 Å². The van der Waals surface area contributed by atoms with E-state index >= 15 is 0 Å². The molecule has 0 unspecified atom stereocenters. The van der Waals surface area contributed by atoms with Crippen molar-refractivity contribution in [1.82, 2.24) is 15.1 Å². The number of aromatic nitrogens is 2. The van der Waals surface area contributed by atoms with E-state index in [4.69, 9.17) is 13.9 Å². The van der Waals surface area contributed by atoms with Gasteiger partial charge in [-0.1, -0.05) is 36.8 Å². The third-order valence-electron chi connectivity index (χ3n) is 6.08. The largest absolute Gasteiger partial charge is 0.494 e. The summed E-state index contributed by atoms with van der Waals surface area (Å²) in [6, 6.07) is 25.6. The summed E-state index contributed by atoms with van der Waals surface area (Å²) in [5.41, 5.74) is 0.882. The van der Waals surface area contributed by atoms with E-state index in [0.717, 1.165) is 47.3 Å². The molecule has 0 radical (unpaired) electrons. The zero-order chi connectivity index (χ0) is 24.4. The van der Waals surface area contributed by atoms with Gasteiger partial charge in [-0.2, -0.15) is 0 Å². The summed E-state index contributed by atoms with van der Waals surface area (Å²) in [4.78, 5) is 3.55. The van der Waals surface area contributed by atoms with Gasteiger partial charge in [0, 0.05) is 12.1 Å². The fourth-order valence-corrected chi connectivity index (χ4v) is 5.01. The van der Waals surface area contributed by atoms with Crippen LogP contribution in [0.4, 0.5) is 0 Å². The summed E-state index contributed by atoms with van der Waals surface area (Å²) in [6.07, 6.45) is 5.08. The van der Waals surface area contributed by atoms with Gasteiger partial charge < -0.3 is 18.8 Å². The van der Waals surface area contributed by atoms with Gasteiger partial charge in [-0.25, -0.2) is 0 Å². The molecule has 4 aromatic rings. The Hall–Kier alpha value is -3.29. The lowest BCUT2D eigenvalue weighted by Gasteiger charge is -2.26. The maximum Gasteiger partial charge on any atom is 0.247 e. The van der Waals surface area contributed by atoms with Crippen molar-refractivity contribution in [3.8, 4) is 28.7 Å². The second-order valence-corrected chi connectivity index (χ2v) is 9.80. The highest BCUT2D eigenvalue weighted by Gasteiger charge is 2.12. The maximum atomic E-state index is 6.05. The molecule has 186 valence electrons. The third-order valence-corrected chi connectivity index (χ3v) is 7.12. The SMILES string of the molecule is c1ccc(Oc2ccccc2SCc2nnc(-c3ccc(OCCCN4CCCCC4)cc3)o2)cc1. The van der Waals surface area contributed by atoms with E-state index in [1.807, 2.05) is 78.9 Å². The molecule has 0 atom stereocenters. The maximum absolute atomic E-state index is 6.05. The first-order valence-electron chi connectivity index (χ1n) is 12.6. The van der Waals surface area contributed by atoms with Crippen LogP contribution >= 0.6 is 11.8 Å². The second kappa shape index (κ2) is 12.6. The van der Waals surface area contributed by atoms with Crippen molar-refractivity contribution in [2.24, 2.45) is 0 Å². The molecule has 0 N–H and O–H groups in total. The molecule has 36 heavy (non-hydrogen) atoms. The first kappa shape index (κ1) is 24.4. The molecule has 0 spiro atoms. The Balaban J connectivity index is 1.11. The lowest BCUT2D eigenvalue weighted by Crippen LogP contribution is -2.31. The van der Waals surface area contributed by atoms with Crippen LogP contribution in [0.1, 0.15) is 31.6 Å². The number of hydrogen-bond acceptors (Lipinski definition) is 7. The number of hydrogen-bond donors (Lipinski definition) is 0. The van der Waals surface area contributed by atoms with Gasteiger partial charge in [0.25, 0.3) is 0 Å². The van der Waals surface area contributed by atoms with Gasteiger partial charge in [0.15, 0.2) is 0 Å². The molecular weight excluding hydrogens is 470 g/mol. The fraction of sp³-hybridized carbons (Fsp3) is 0.310. The molecule has 0 bridgehead atoms. The Kier molecular flexibility index (Phi) is 8.55. The van der Waals surface area contributed by atoms with E-state index in [1.54, 1.807) is 11.8 Å². The Morgan fingerprint density at radius 2 is 1.58 bits per heavy atom. The average Bonchev–Trinajstić information content (AvgIpc) is 3.41. The summed E-state index contributed by atoms with van der Waals surface area (Å²) >= 11 is 1.61. The molecule has 1 fully saturated rings. The van der Waals surface area contributed by atoms with Crippen LogP contribution in [0.3, 0.4) is 0 Å². The summed E-state index contributed by atoms with van der Waals surface area (Å²) < 4.78 is 17.9. The molecule has 1 aromatic heterocycles. The molecule has 7 heteroatoms. The van der Waals surface area contributed by atoms with Gasteiger partial charge in [0.2, 0.25) is 11.8 Å². The highest BCUT2D eigenvalue weighted by Crippen LogP contribution is 2.34. The van der Waals surface area contributed by atoms with Crippen molar-refractivity contribution in [3.63, 3.8) is 0 Å². The Bertz CT molecular complexity index is 1210. The van der Waals surface area contributed by atoms with Crippen LogP contribution in [0.15, 0.2) is 88.2 Å². The lowest BCUT2D eigenvalue weighted by molar-refractivity contribution is 0.205. The van der Waals surface area contributed by atoms with Crippen LogP contribution in [0.5, 0.6) is 17.2 Å². The molecule has 1 aliphatic rings. The van der Waals surface area contributed by atoms with Gasteiger partial charge >= 0.3 is 0 Å². The molecular formula is C29H31N3O3S. The lowest BCUT2D eigenvalue weighted by atomic mass is 10.1. The molecule has 1 saturated heterocycles. The van der Waals surface area contributed by atoms with E-state index in [-0.39, 0.29) is 0 Å². The number of rotatable bonds is 11. The minimum Gasteiger partial charge on any atom is -0.494 e. The van der Waals surface area contributed by atoms with Gasteiger partial charge in [0.05, 0.1) is 17.3 Å². The fourth-order valence-electron chi connectivity index (χ4n) is 4.19. The number of benzene rings is 3. The Morgan fingerprint density at radius 3 is 2.42 bits per heavy atom. The normalized spacial score (nSPS) is 14.0. The minimum atomic E-state index is 0.510. The number of nitrogens with zero attached hydrogens (tertiary/aromatic N) is 3. The smallest absolute Gasteiger partial charge is 0.247 e. The summed E-state index contributed by atoms with van der Waals surface area (Å²) in [5, 5.41) is 8.47. The molecule has 3 aromatic carbocycles. The van der Waals surface area contributed by atoms with Crippen LogP contribution < -0.4 is 9.47 Å². The first-order chi connectivity index (χ1) is 17.8. The minimum absolute atomic E-state index is 0.510. The number of para-hydroxylation sites is 2. The zero-order valence-electron chi connectivity index (χ0n) is 20.3. The summed E-state index contributed by atoms with van der Waals surface area (Å²) in [7, 11) is 0. The molecule has 0 amide bonds. The van der Waals surface area contributed by atoms with E-state index in [1.165, 1.54) is 32.4 Å². The molecule has 5 rings (SSSR count). The Morgan fingerprint density at radius 1 is 0.806 bits per heavy atom. The van der Waals surface area contributed by atoms with Gasteiger partial charge in [-0.15, -0.1) is 22.0 Å². The number of likely N-dealkylation sites (tertiary alicyclic amines) is 1. The van der Waals surface area contributed by atoms with Crippen LogP contribution in [-0.2, 0) is 5.75 Å². The van der Waals surface area contributed by atoms with E-state index < -0.39 is 0 Å². The summed E-state index contributed by atoms with van der Waals surface area (Å²) in [5.74, 6) is 4.11. The first-order valence-corrected chi connectivity index (χ1v) is 13.5. The van der Waals surface area contributed by atoms with Gasteiger partial charge in [-0.05, 0) is 80.9 Å². The highest BCUT2D eigenvalue weighted by atomic mass is 32.2. The average molecular weight is 502 g/mol. The van der Waals surface area contributed by atoms with Crippen molar-refractivity contribution in [2.45, 2.75) is 36.3 Å². The predicted molar refractivity (Wildman–Crippen MR) is 143 cm³/mol. The molecule has 2 heterocycles. The molecule has 1 aliphatic heterocycles. The van der Waals surface area contributed by atoms with Gasteiger partial charge in [-0.3, -0.25) is 0 Å². The van der Waals surface area contributed by atoms with Crippen LogP contribution in [0.2, 0.25) is 0 Å². The van der Waals surface area contributed by atoms with E-state index in [9.17, 15) is 0 Å². The monoisotopic (exact) mass is 501 g/mol. The van der Waals surface area contributed by atoms with Crippen molar-refractivity contribution >= 4 is 11.8 Å². The van der Waals surface area contributed by atoms with Crippen LogP contribution in [0.25, 0.3) is 11.5 Å². The number of ether oxygens (including phenoxy) is 2.